The molecule has 134 valence electrons. The normalized spacial score (nSPS) is 28.9. The molecular formula is C21H21NO4. The van der Waals surface area contributed by atoms with E-state index >= 15 is 0 Å². The Morgan fingerprint density at radius 2 is 1.77 bits per heavy atom. The molecule has 0 bridgehead atoms. The van der Waals surface area contributed by atoms with Crippen molar-refractivity contribution in [2.24, 2.45) is 4.99 Å². The van der Waals surface area contributed by atoms with E-state index in [4.69, 9.17) is 18.9 Å². The van der Waals surface area contributed by atoms with Crippen molar-refractivity contribution in [2.75, 3.05) is 13.2 Å². The molecule has 0 aliphatic carbocycles. The molecule has 2 aromatic rings. The lowest BCUT2D eigenvalue weighted by molar-refractivity contribution is -0.0425. The highest BCUT2D eigenvalue weighted by atomic mass is 16.6. The van der Waals surface area contributed by atoms with Crippen molar-refractivity contribution in [1.29, 1.82) is 0 Å². The minimum Gasteiger partial charge on any atom is -0.485 e. The molecular weight excluding hydrogens is 330 g/mol. The molecule has 5 heteroatoms. The van der Waals surface area contributed by atoms with Crippen LogP contribution < -0.4 is 4.74 Å². The SMILES string of the molecule is C1=NCc2ccc(O[C@@H]3CO[C@H]4[C@@H]3OC[C@H]4OCc3ccccc3)cc21. The zero-order valence-electron chi connectivity index (χ0n) is 14.4. The van der Waals surface area contributed by atoms with Crippen molar-refractivity contribution in [3.8, 4) is 5.75 Å². The standard InChI is InChI=1S/C21H21NO4/c1-2-4-14(5-3-1)11-23-18-12-24-21-19(13-25-20(18)21)26-17-7-6-15-9-22-10-16(15)8-17/h1-8,10,18-21H,9,11-13H2/t18-,19-,20-,21-/m1/s1. The summed E-state index contributed by atoms with van der Waals surface area (Å²) in [6.45, 7) is 2.39. The predicted octanol–water partition coefficient (Wildman–Crippen LogP) is 2.75. The quantitative estimate of drug-likeness (QED) is 0.831. The van der Waals surface area contributed by atoms with E-state index in [9.17, 15) is 0 Å². The zero-order chi connectivity index (χ0) is 17.3. The smallest absolute Gasteiger partial charge is 0.151 e. The first-order valence-electron chi connectivity index (χ1n) is 9.05. The largest absolute Gasteiger partial charge is 0.485 e. The molecule has 5 nitrogen and oxygen atoms in total. The number of rotatable bonds is 5. The summed E-state index contributed by atoms with van der Waals surface area (Å²) in [5.41, 5.74) is 3.53. The molecule has 5 rings (SSSR count). The van der Waals surface area contributed by atoms with E-state index in [1.54, 1.807) is 0 Å². The van der Waals surface area contributed by atoms with Gasteiger partial charge in [0.25, 0.3) is 0 Å². The fourth-order valence-corrected chi connectivity index (χ4v) is 3.78. The van der Waals surface area contributed by atoms with Crippen LogP contribution in [0, 0.1) is 0 Å². The molecule has 26 heavy (non-hydrogen) atoms. The summed E-state index contributed by atoms with van der Waals surface area (Å²) in [5, 5.41) is 0. The molecule has 2 fully saturated rings. The summed E-state index contributed by atoms with van der Waals surface area (Å²) >= 11 is 0. The maximum atomic E-state index is 6.16. The van der Waals surface area contributed by atoms with Gasteiger partial charge in [0.1, 0.15) is 24.1 Å². The summed E-state index contributed by atoms with van der Waals surface area (Å²) in [4.78, 5) is 4.29. The van der Waals surface area contributed by atoms with Crippen molar-refractivity contribution >= 4 is 6.21 Å². The Morgan fingerprint density at radius 1 is 0.962 bits per heavy atom. The molecule has 0 saturated carbocycles. The van der Waals surface area contributed by atoms with E-state index in [1.807, 2.05) is 36.5 Å². The van der Waals surface area contributed by atoms with Gasteiger partial charge < -0.3 is 18.9 Å². The molecule has 0 radical (unpaired) electrons. The zero-order valence-corrected chi connectivity index (χ0v) is 14.4. The average molecular weight is 351 g/mol. The summed E-state index contributed by atoms with van der Waals surface area (Å²) in [6, 6.07) is 16.3. The number of nitrogens with zero attached hydrogens (tertiary/aromatic N) is 1. The van der Waals surface area contributed by atoms with Gasteiger partial charge in [0.05, 0.1) is 26.4 Å². The van der Waals surface area contributed by atoms with E-state index < -0.39 is 0 Å². The second-order valence-corrected chi connectivity index (χ2v) is 6.92. The molecule has 4 atom stereocenters. The summed E-state index contributed by atoms with van der Waals surface area (Å²) in [5.74, 6) is 0.837. The third-order valence-corrected chi connectivity index (χ3v) is 5.17. The van der Waals surface area contributed by atoms with E-state index in [2.05, 4.69) is 23.2 Å². The van der Waals surface area contributed by atoms with Crippen LogP contribution in [0.15, 0.2) is 53.5 Å². The van der Waals surface area contributed by atoms with Crippen LogP contribution in [0.5, 0.6) is 5.75 Å². The van der Waals surface area contributed by atoms with Gasteiger partial charge in [-0.2, -0.15) is 0 Å². The molecule has 3 heterocycles. The molecule has 0 aromatic heterocycles. The lowest BCUT2D eigenvalue weighted by Gasteiger charge is -2.18. The van der Waals surface area contributed by atoms with Crippen LogP contribution >= 0.6 is 0 Å². The van der Waals surface area contributed by atoms with Gasteiger partial charge in [-0.15, -0.1) is 0 Å². The first-order valence-corrected chi connectivity index (χ1v) is 9.05. The van der Waals surface area contributed by atoms with Crippen molar-refractivity contribution in [2.45, 2.75) is 37.6 Å². The van der Waals surface area contributed by atoms with Crippen LogP contribution in [0.4, 0.5) is 0 Å². The lowest BCUT2D eigenvalue weighted by Crippen LogP contribution is -2.35. The van der Waals surface area contributed by atoms with Crippen molar-refractivity contribution in [3.63, 3.8) is 0 Å². The highest BCUT2D eigenvalue weighted by Crippen LogP contribution is 2.32. The van der Waals surface area contributed by atoms with Gasteiger partial charge in [-0.3, -0.25) is 4.99 Å². The fraction of sp³-hybridized carbons (Fsp3) is 0.381. The number of hydrogen-bond donors (Lipinski definition) is 0. The first kappa shape index (κ1) is 16.0. The van der Waals surface area contributed by atoms with E-state index in [0.29, 0.717) is 19.8 Å². The number of benzene rings is 2. The Balaban J connectivity index is 1.21. The predicted molar refractivity (Wildman–Crippen MR) is 96.7 cm³/mol. The van der Waals surface area contributed by atoms with Crippen molar-refractivity contribution in [3.05, 3.63) is 65.2 Å². The molecule has 0 unspecified atom stereocenters. The van der Waals surface area contributed by atoms with Gasteiger partial charge in [-0.25, -0.2) is 0 Å². The number of aliphatic imine (C=N–C) groups is 1. The highest BCUT2D eigenvalue weighted by molar-refractivity contribution is 5.84. The van der Waals surface area contributed by atoms with Gasteiger partial charge in [0.15, 0.2) is 6.10 Å². The maximum Gasteiger partial charge on any atom is 0.151 e. The number of ether oxygens (including phenoxy) is 4. The topological polar surface area (TPSA) is 49.3 Å². The first-order chi connectivity index (χ1) is 12.9. The van der Waals surface area contributed by atoms with E-state index in [0.717, 1.165) is 23.4 Å². The Bertz CT molecular complexity index is 807. The third kappa shape index (κ3) is 3.03. The minimum absolute atomic E-state index is 0.0547. The van der Waals surface area contributed by atoms with Gasteiger partial charge >= 0.3 is 0 Å². The molecule has 2 aromatic carbocycles. The second kappa shape index (κ2) is 6.83. The van der Waals surface area contributed by atoms with Gasteiger partial charge in [-0.1, -0.05) is 36.4 Å². The van der Waals surface area contributed by atoms with Gasteiger partial charge in [0, 0.05) is 11.8 Å². The number of hydrogen-bond acceptors (Lipinski definition) is 5. The lowest BCUT2D eigenvalue weighted by atomic mass is 10.1. The molecule has 0 amide bonds. The third-order valence-electron chi connectivity index (χ3n) is 5.17. The van der Waals surface area contributed by atoms with Crippen LogP contribution in [0.1, 0.15) is 16.7 Å². The molecule has 0 N–H and O–H groups in total. The molecule has 3 aliphatic rings. The minimum atomic E-state index is -0.110. The average Bonchev–Trinajstić information content (AvgIpc) is 3.38. The van der Waals surface area contributed by atoms with Crippen LogP contribution in [0.2, 0.25) is 0 Å². The molecule has 0 spiro atoms. The van der Waals surface area contributed by atoms with Crippen LogP contribution in [0.25, 0.3) is 0 Å². The summed E-state index contributed by atoms with van der Waals surface area (Å²) in [7, 11) is 0. The van der Waals surface area contributed by atoms with Crippen molar-refractivity contribution < 1.29 is 18.9 Å². The molecule has 2 saturated heterocycles. The second-order valence-electron chi connectivity index (χ2n) is 6.92. The Labute approximate surface area is 152 Å². The Kier molecular flexibility index (Phi) is 4.21. The van der Waals surface area contributed by atoms with Gasteiger partial charge in [0.2, 0.25) is 0 Å². The van der Waals surface area contributed by atoms with Gasteiger partial charge in [-0.05, 0) is 23.3 Å². The Morgan fingerprint density at radius 3 is 2.65 bits per heavy atom. The summed E-state index contributed by atoms with van der Waals surface area (Å²) in [6.07, 6.45) is 1.58. The van der Waals surface area contributed by atoms with Crippen LogP contribution in [-0.4, -0.2) is 43.8 Å². The van der Waals surface area contributed by atoms with Crippen molar-refractivity contribution in [1.82, 2.24) is 0 Å². The monoisotopic (exact) mass is 351 g/mol. The van der Waals surface area contributed by atoms with Crippen LogP contribution in [-0.2, 0) is 27.4 Å². The summed E-state index contributed by atoms with van der Waals surface area (Å²) < 4.78 is 24.1. The van der Waals surface area contributed by atoms with Crippen LogP contribution in [0.3, 0.4) is 0 Å². The van der Waals surface area contributed by atoms with E-state index in [-0.39, 0.29) is 24.4 Å². The van der Waals surface area contributed by atoms with E-state index in [1.165, 1.54) is 5.56 Å². The maximum absolute atomic E-state index is 6.16. The Hall–Kier alpha value is -2.21. The number of fused-ring (bicyclic) bond motifs is 2. The highest BCUT2D eigenvalue weighted by Gasteiger charge is 2.49. The fourth-order valence-electron chi connectivity index (χ4n) is 3.78. The molecule has 3 aliphatic heterocycles.